The molecule has 0 atom stereocenters. The number of nitrogens with zero attached hydrogens (tertiary/aromatic N) is 2. The predicted molar refractivity (Wildman–Crippen MR) is 103 cm³/mol. The van der Waals surface area contributed by atoms with Gasteiger partial charge in [0.2, 0.25) is 5.91 Å². The first-order valence-corrected chi connectivity index (χ1v) is 8.73. The summed E-state index contributed by atoms with van der Waals surface area (Å²) in [6.45, 7) is 0. The largest absolute Gasteiger partial charge is 0.302 e. The predicted octanol–water partition coefficient (Wildman–Crippen LogP) is 4.54. The molecule has 0 saturated carbocycles. The monoisotopic (exact) mass is 363 g/mol. The molecule has 0 aliphatic rings. The Bertz CT molecular complexity index is 1150. The lowest BCUT2D eigenvalue weighted by Crippen LogP contribution is -2.14. The number of benzene rings is 3. The fourth-order valence-corrected chi connectivity index (χ4v) is 3.73. The zero-order valence-electron chi connectivity index (χ0n) is 13.5. The van der Waals surface area contributed by atoms with E-state index in [2.05, 4.69) is 10.3 Å². The fourth-order valence-electron chi connectivity index (χ4n) is 2.87. The highest BCUT2D eigenvalue weighted by molar-refractivity contribution is 7.22. The van der Waals surface area contributed by atoms with Gasteiger partial charge in [0.25, 0.3) is 5.69 Å². The van der Waals surface area contributed by atoms with Crippen LogP contribution >= 0.6 is 11.3 Å². The Hall–Kier alpha value is -3.32. The molecule has 0 fully saturated rings. The second-order valence-corrected chi connectivity index (χ2v) is 6.82. The molecule has 0 spiro atoms. The van der Waals surface area contributed by atoms with Crippen LogP contribution in [0, 0.1) is 10.1 Å². The van der Waals surface area contributed by atoms with Crippen LogP contribution in [0.1, 0.15) is 5.56 Å². The number of hydrogen-bond donors (Lipinski definition) is 1. The van der Waals surface area contributed by atoms with Crippen molar-refractivity contribution in [1.29, 1.82) is 0 Å². The van der Waals surface area contributed by atoms with Crippen molar-refractivity contribution in [2.45, 2.75) is 6.42 Å². The Morgan fingerprint density at radius 1 is 1.12 bits per heavy atom. The molecule has 6 nitrogen and oxygen atoms in total. The van der Waals surface area contributed by atoms with Gasteiger partial charge in [0.05, 0.1) is 21.6 Å². The maximum atomic E-state index is 12.4. The van der Waals surface area contributed by atoms with Crippen LogP contribution in [-0.4, -0.2) is 15.8 Å². The molecule has 1 aromatic heterocycles. The van der Waals surface area contributed by atoms with Gasteiger partial charge in [-0.05, 0) is 22.4 Å². The van der Waals surface area contributed by atoms with E-state index in [0.717, 1.165) is 21.0 Å². The summed E-state index contributed by atoms with van der Waals surface area (Å²) >= 11 is 1.29. The number of nitrogens with one attached hydrogen (secondary N) is 1. The van der Waals surface area contributed by atoms with E-state index >= 15 is 0 Å². The van der Waals surface area contributed by atoms with Gasteiger partial charge in [-0.3, -0.25) is 14.9 Å². The average molecular weight is 363 g/mol. The van der Waals surface area contributed by atoms with E-state index in [1.807, 2.05) is 42.5 Å². The molecule has 4 rings (SSSR count). The molecule has 1 N–H and O–H groups in total. The number of carbonyl (C=O) groups excluding carboxylic acids is 1. The minimum absolute atomic E-state index is 0.0172. The second kappa shape index (κ2) is 6.53. The number of hydrogen-bond acceptors (Lipinski definition) is 5. The molecular formula is C19H13N3O3S. The number of amides is 1. The van der Waals surface area contributed by atoms with E-state index in [1.54, 1.807) is 6.07 Å². The molecule has 1 amide bonds. The van der Waals surface area contributed by atoms with Gasteiger partial charge in [0, 0.05) is 12.1 Å². The Morgan fingerprint density at radius 3 is 2.77 bits per heavy atom. The molecule has 26 heavy (non-hydrogen) atoms. The third kappa shape index (κ3) is 3.12. The fraction of sp³-hybridized carbons (Fsp3) is 0.0526. The number of anilines is 1. The number of nitro groups is 1. The van der Waals surface area contributed by atoms with Crippen LogP contribution in [0.5, 0.6) is 0 Å². The number of thiazole rings is 1. The minimum Gasteiger partial charge on any atom is -0.302 e. The SMILES string of the molecule is O=C(Cc1cccc2ccccc12)Nc1nc2cc([N+](=O)[O-])ccc2s1. The summed E-state index contributed by atoms with van der Waals surface area (Å²) in [7, 11) is 0. The normalized spacial score (nSPS) is 10.9. The summed E-state index contributed by atoms with van der Waals surface area (Å²) < 4.78 is 0.788. The minimum atomic E-state index is -0.461. The number of rotatable bonds is 4. The van der Waals surface area contributed by atoms with Crippen LogP contribution in [0.2, 0.25) is 0 Å². The smallest absolute Gasteiger partial charge is 0.271 e. The molecule has 128 valence electrons. The molecule has 0 unspecified atom stereocenters. The van der Waals surface area contributed by atoms with Crippen molar-refractivity contribution in [1.82, 2.24) is 4.98 Å². The van der Waals surface area contributed by atoms with E-state index in [-0.39, 0.29) is 18.0 Å². The van der Waals surface area contributed by atoms with Crippen LogP contribution < -0.4 is 5.32 Å². The molecule has 1 heterocycles. The number of non-ortho nitro benzene ring substituents is 1. The van der Waals surface area contributed by atoms with Crippen molar-refractivity contribution >= 4 is 49.1 Å². The lowest BCUT2D eigenvalue weighted by Gasteiger charge is -2.06. The first-order chi connectivity index (χ1) is 12.6. The quantitative estimate of drug-likeness (QED) is 0.426. The molecule has 7 heteroatoms. The van der Waals surface area contributed by atoms with Gasteiger partial charge in [-0.15, -0.1) is 0 Å². The molecule has 0 bridgehead atoms. The second-order valence-electron chi connectivity index (χ2n) is 5.79. The first-order valence-electron chi connectivity index (χ1n) is 7.91. The summed E-state index contributed by atoms with van der Waals surface area (Å²) in [4.78, 5) is 27.1. The van der Waals surface area contributed by atoms with Gasteiger partial charge >= 0.3 is 0 Å². The van der Waals surface area contributed by atoms with Crippen LogP contribution in [-0.2, 0) is 11.2 Å². The number of nitro benzene ring substituents is 1. The van der Waals surface area contributed by atoms with Crippen LogP contribution in [0.3, 0.4) is 0 Å². The number of fused-ring (bicyclic) bond motifs is 2. The highest BCUT2D eigenvalue weighted by Gasteiger charge is 2.13. The number of aromatic nitrogens is 1. The first kappa shape index (κ1) is 16.2. The zero-order chi connectivity index (χ0) is 18.1. The van der Waals surface area contributed by atoms with Gasteiger partial charge in [-0.2, -0.15) is 0 Å². The third-order valence-electron chi connectivity index (χ3n) is 4.06. The lowest BCUT2D eigenvalue weighted by molar-refractivity contribution is -0.384. The van der Waals surface area contributed by atoms with E-state index < -0.39 is 4.92 Å². The maximum absolute atomic E-state index is 12.4. The van der Waals surface area contributed by atoms with Crippen molar-refractivity contribution in [3.05, 3.63) is 76.3 Å². The molecular weight excluding hydrogens is 350 g/mol. The zero-order valence-corrected chi connectivity index (χ0v) is 14.3. The Balaban J connectivity index is 1.56. The summed E-state index contributed by atoms with van der Waals surface area (Å²) in [5.74, 6) is -0.171. The van der Waals surface area contributed by atoms with E-state index in [1.165, 1.54) is 23.5 Å². The van der Waals surface area contributed by atoms with Crippen molar-refractivity contribution in [2.24, 2.45) is 0 Å². The van der Waals surface area contributed by atoms with Crippen molar-refractivity contribution < 1.29 is 9.72 Å². The summed E-state index contributed by atoms with van der Waals surface area (Å²) in [5.41, 5.74) is 1.43. The average Bonchev–Trinajstić information content (AvgIpc) is 3.03. The van der Waals surface area contributed by atoms with Gasteiger partial charge in [0.15, 0.2) is 5.13 Å². The van der Waals surface area contributed by atoms with Gasteiger partial charge in [-0.1, -0.05) is 53.8 Å². The molecule has 0 saturated heterocycles. The van der Waals surface area contributed by atoms with Gasteiger partial charge in [-0.25, -0.2) is 4.98 Å². The van der Waals surface area contributed by atoms with E-state index in [9.17, 15) is 14.9 Å². The Morgan fingerprint density at radius 2 is 1.92 bits per heavy atom. The molecule has 3 aromatic carbocycles. The molecule has 0 radical (unpaired) electrons. The van der Waals surface area contributed by atoms with Gasteiger partial charge < -0.3 is 5.32 Å². The third-order valence-corrected chi connectivity index (χ3v) is 5.01. The molecule has 4 aromatic rings. The summed E-state index contributed by atoms with van der Waals surface area (Å²) in [5, 5.41) is 16.2. The van der Waals surface area contributed by atoms with E-state index in [4.69, 9.17) is 0 Å². The van der Waals surface area contributed by atoms with Crippen LogP contribution in [0.15, 0.2) is 60.7 Å². The highest BCUT2D eigenvalue weighted by Crippen LogP contribution is 2.29. The highest BCUT2D eigenvalue weighted by atomic mass is 32.1. The summed E-state index contributed by atoms with van der Waals surface area (Å²) in [6, 6.07) is 18.3. The Kier molecular flexibility index (Phi) is 4.06. The summed E-state index contributed by atoms with van der Waals surface area (Å²) in [6.07, 6.45) is 0.234. The topological polar surface area (TPSA) is 85.1 Å². The van der Waals surface area contributed by atoms with Gasteiger partial charge in [0.1, 0.15) is 0 Å². The lowest BCUT2D eigenvalue weighted by atomic mass is 10.0. The van der Waals surface area contributed by atoms with Crippen molar-refractivity contribution in [2.75, 3.05) is 5.32 Å². The standard InChI is InChI=1S/C19H13N3O3S/c23-18(10-13-6-3-5-12-4-1-2-7-15(12)13)21-19-20-16-11-14(22(24)25)8-9-17(16)26-19/h1-9,11H,10H2,(H,20,21,23). The van der Waals surface area contributed by atoms with Crippen molar-refractivity contribution in [3.8, 4) is 0 Å². The molecule has 0 aliphatic carbocycles. The van der Waals surface area contributed by atoms with Crippen LogP contribution in [0.25, 0.3) is 21.0 Å². The maximum Gasteiger partial charge on any atom is 0.271 e. The van der Waals surface area contributed by atoms with Crippen LogP contribution in [0.4, 0.5) is 10.8 Å². The molecule has 0 aliphatic heterocycles. The number of carbonyl (C=O) groups is 1. The van der Waals surface area contributed by atoms with E-state index in [0.29, 0.717) is 10.6 Å². The Labute approximate surface area is 152 Å². The van der Waals surface area contributed by atoms with Crippen molar-refractivity contribution in [3.63, 3.8) is 0 Å².